The van der Waals surface area contributed by atoms with Crippen LogP contribution in [0.25, 0.3) is 6.08 Å². The number of aromatic nitrogens is 2. The highest BCUT2D eigenvalue weighted by molar-refractivity contribution is 5.50. The van der Waals surface area contributed by atoms with Crippen LogP contribution in [-0.2, 0) is 6.54 Å². The third-order valence-electron chi connectivity index (χ3n) is 2.48. The van der Waals surface area contributed by atoms with E-state index in [1.165, 1.54) is 11.1 Å². The molecule has 0 unspecified atom stereocenters. The minimum absolute atomic E-state index is 0.704. The summed E-state index contributed by atoms with van der Waals surface area (Å²) in [5.41, 5.74) is 2.55. The van der Waals surface area contributed by atoms with E-state index < -0.39 is 0 Å². The lowest BCUT2D eigenvalue weighted by Crippen LogP contribution is -2.21. The molecule has 0 fully saturated rings. The van der Waals surface area contributed by atoms with Crippen LogP contribution < -0.4 is 5.32 Å². The molecule has 3 nitrogen and oxygen atoms in total. The predicted octanol–water partition coefficient (Wildman–Crippen LogP) is 2.94. The molecule has 1 aromatic heterocycles. The minimum Gasteiger partial charge on any atom is -0.313 e. The Labute approximate surface area is 105 Å². The highest BCUT2D eigenvalue weighted by atomic mass is 15.3. The van der Waals surface area contributed by atoms with Gasteiger partial charge in [-0.25, -0.2) is 0 Å². The van der Waals surface area contributed by atoms with Crippen molar-refractivity contribution in [3.05, 3.63) is 23.5 Å². The van der Waals surface area contributed by atoms with Crippen molar-refractivity contribution < 1.29 is 0 Å². The van der Waals surface area contributed by atoms with E-state index in [-0.39, 0.29) is 0 Å². The van der Waals surface area contributed by atoms with Gasteiger partial charge in [-0.15, -0.1) is 0 Å². The van der Waals surface area contributed by atoms with Gasteiger partial charge in [0, 0.05) is 24.8 Å². The van der Waals surface area contributed by atoms with E-state index in [0.29, 0.717) is 5.92 Å². The normalized spacial score (nSPS) is 12.4. The molecule has 1 N–H and O–H groups in total. The Morgan fingerprint density at radius 2 is 2.29 bits per heavy atom. The Morgan fingerprint density at radius 3 is 2.94 bits per heavy atom. The highest BCUT2D eigenvalue weighted by Gasteiger charge is 1.97. The zero-order valence-electron chi connectivity index (χ0n) is 11.5. The number of nitrogens with zero attached hydrogens (tertiary/aromatic N) is 2. The fourth-order valence-corrected chi connectivity index (χ4v) is 1.70. The average Bonchev–Trinajstić information content (AvgIpc) is 2.65. The Bertz CT molecular complexity index is 350. The van der Waals surface area contributed by atoms with Crippen LogP contribution >= 0.6 is 0 Å². The summed E-state index contributed by atoms with van der Waals surface area (Å²) in [6.45, 7) is 11.8. The summed E-state index contributed by atoms with van der Waals surface area (Å²) < 4.78 is 2.00. The van der Waals surface area contributed by atoms with Crippen LogP contribution in [0.1, 0.15) is 39.7 Å². The van der Waals surface area contributed by atoms with Gasteiger partial charge in [-0.05, 0) is 25.8 Å². The van der Waals surface area contributed by atoms with Gasteiger partial charge in [0.1, 0.15) is 0 Å². The van der Waals surface area contributed by atoms with E-state index in [2.05, 4.69) is 50.4 Å². The van der Waals surface area contributed by atoms with Crippen LogP contribution in [0.15, 0.2) is 18.0 Å². The summed E-state index contributed by atoms with van der Waals surface area (Å²) in [7, 11) is 0. The van der Waals surface area contributed by atoms with E-state index in [1.54, 1.807) is 0 Å². The standard InChI is InChI=1S/C14H25N3/c1-5-6-17-11-14(10-16-17)7-13(4)9-15-8-12(2)3/h7,10-12,15H,5-6,8-9H2,1-4H3/b13-7-. The first-order valence-electron chi connectivity index (χ1n) is 6.52. The van der Waals surface area contributed by atoms with Gasteiger partial charge in [-0.1, -0.05) is 32.4 Å². The molecular weight excluding hydrogens is 210 g/mol. The van der Waals surface area contributed by atoms with Crippen molar-refractivity contribution in [2.45, 2.75) is 40.7 Å². The maximum Gasteiger partial charge on any atom is 0.0562 e. The molecule has 0 aliphatic heterocycles. The summed E-state index contributed by atoms with van der Waals surface area (Å²) in [6.07, 6.45) is 7.36. The fourth-order valence-electron chi connectivity index (χ4n) is 1.70. The smallest absolute Gasteiger partial charge is 0.0562 e. The third kappa shape index (κ3) is 5.68. The van der Waals surface area contributed by atoms with Gasteiger partial charge in [-0.3, -0.25) is 4.68 Å². The van der Waals surface area contributed by atoms with Crippen LogP contribution in [0.5, 0.6) is 0 Å². The lowest BCUT2D eigenvalue weighted by Gasteiger charge is -2.07. The second kappa shape index (κ2) is 7.28. The second-order valence-corrected chi connectivity index (χ2v) is 5.05. The first-order valence-corrected chi connectivity index (χ1v) is 6.52. The number of rotatable bonds is 7. The minimum atomic E-state index is 0.704. The number of hydrogen-bond donors (Lipinski definition) is 1. The molecule has 1 aromatic rings. The fraction of sp³-hybridized carbons (Fsp3) is 0.643. The number of hydrogen-bond acceptors (Lipinski definition) is 2. The maximum absolute atomic E-state index is 4.32. The van der Waals surface area contributed by atoms with Gasteiger partial charge in [0.15, 0.2) is 0 Å². The first-order chi connectivity index (χ1) is 8.11. The SMILES string of the molecule is CCCn1cc(/C=C(/C)CNCC(C)C)cn1. The van der Waals surface area contributed by atoms with E-state index in [0.717, 1.165) is 26.1 Å². The summed E-state index contributed by atoms with van der Waals surface area (Å²) in [4.78, 5) is 0. The van der Waals surface area contributed by atoms with Gasteiger partial charge in [0.25, 0.3) is 0 Å². The van der Waals surface area contributed by atoms with Crippen molar-refractivity contribution in [3.8, 4) is 0 Å². The molecule has 0 atom stereocenters. The summed E-state index contributed by atoms with van der Waals surface area (Å²) in [5.74, 6) is 0.704. The summed E-state index contributed by atoms with van der Waals surface area (Å²) in [6, 6.07) is 0. The van der Waals surface area contributed by atoms with Gasteiger partial charge >= 0.3 is 0 Å². The van der Waals surface area contributed by atoms with Crippen molar-refractivity contribution in [2.75, 3.05) is 13.1 Å². The molecule has 0 aromatic carbocycles. The molecular formula is C14H25N3. The third-order valence-corrected chi connectivity index (χ3v) is 2.48. The molecule has 0 spiro atoms. The van der Waals surface area contributed by atoms with Crippen molar-refractivity contribution in [1.82, 2.24) is 15.1 Å². The molecule has 0 amide bonds. The van der Waals surface area contributed by atoms with Crippen molar-refractivity contribution in [3.63, 3.8) is 0 Å². The van der Waals surface area contributed by atoms with Crippen molar-refractivity contribution in [2.24, 2.45) is 5.92 Å². The number of aryl methyl sites for hydroxylation is 1. The zero-order chi connectivity index (χ0) is 12.7. The summed E-state index contributed by atoms with van der Waals surface area (Å²) >= 11 is 0. The monoisotopic (exact) mass is 235 g/mol. The molecule has 0 aliphatic rings. The van der Waals surface area contributed by atoms with Gasteiger partial charge in [0.2, 0.25) is 0 Å². The lowest BCUT2D eigenvalue weighted by atomic mass is 10.2. The largest absolute Gasteiger partial charge is 0.313 e. The van der Waals surface area contributed by atoms with Crippen LogP contribution in [-0.4, -0.2) is 22.9 Å². The highest BCUT2D eigenvalue weighted by Crippen LogP contribution is 2.05. The Kier molecular flexibility index (Phi) is 5.98. The molecule has 3 heteroatoms. The zero-order valence-corrected chi connectivity index (χ0v) is 11.5. The predicted molar refractivity (Wildman–Crippen MR) is 73.9 cm³/mol. The van der Waals surface area contributed by atoms with E-state index >= 15 is 0 Å². The van der Waals surface area contributed by atoms with Crippen LogP contribution in [0.3, 0.4) is 0 Å². The van der Waals surface area contributed by atoms with Crippen molar-refractivity contribution in [1.29, 1.82) is 0 Å². The summed E-state index contributed by atoms with van der Waals surface area (Å²) in [5, 5.41) is 7.76. The molecule has 96 valence electrons. The van der Waals surface area contributed by atoms with E-state index in [4.69, 9.17) is 0 Å². The van der Waals surface area contributed by atoms with Gasteiger partial charge in [-0.2, -0.15) is 5.10 Å². The van der Waals surface area contributed by atoms with Crippen LogP contribution in [0.4, 0.5) is 0 Å². The number of nitrogens with one attached hydrogen (secondary N) is 1. The van der Waals surface area contributed by atoms with Gasteiger partial charge < -0.3 is 5.32 Å². The van der Waals surface area contributed by atoms with Crippen molar-refractivity contribution >= 4 is 6.08 Å². The molecule has 0 aliphatic carbocycles. The molecule has 0 saturated carbocycles. The second-order valence-electron chi connectivity index (χ2n) is 5.05. The molecule has 1 rings (SSSR count). The Hall–Kier alpha value is -1.09. The topological polar surface area (TPSA) is 29.9 Å². The van der Waals surface area contributed by atoms with E-state index in [1.807, 2.05) is 10.9 Å². The molecule has 1 heterocycles. The average molecular weight is 235 g/mol. The Balaban J connectivity index is 2.43. The van der Waals surface area contributed by atoms with E-state index in [9.17, 15) is 0 Å². The quantitative estimate of drug-likeness (QED) is 0.787. The molecule has 0 radical (unpaired) electrons. The molecule has 17 heavy (non-hydrogen) atoms. The maximum atomic E-state index is 4.32. The Morgan fingerprint density at radius 1 is 1.53 bits per heavy atom. The van der Waals surface area contributed by atoms with Gasteiger partial charge in [0.05, 0.1) is 6.20 Å². The van der Waals surface area contributed by atoms with Crippen LogP contribution in [0.2, 0.25) is 0 Å². The molecule has 0 bridgehead atoms. The molecule has 0 saturated heterocycles. The van der Waals surface area contributed by atoms with Crippen LogP contribution in [0, 0.1) is 5.92 Å². The lowest BCUT2D eigenvalue weighted by molar-refractivity contribution is 0.572. The first kappa shape index (κ1) is 14.0.